The molecule has 0 saturated heterocycles. The molecule has 2 aromatic carbocycles. The van der Waals surface area contributed by atoms with E-state index in [0.29, 0.717) is 5.69 Å². The molecule has 2 aromatic rings. The Morgan fingerprint density at radius 3 is 2.42 bits per heavy atom. The Balaban J connectivity index is 2.06. The molecule has 0 unspecified atom stereocenters. The zero-order chi connectivity index (χ0) is 17.4. The number of aryl methyl sites for hydroxylation is 1. The van der Waals surface area contributed by atoms with Crippen molar-refractivity contribution in [3.05, 3.63) is 69.7 Å². The number of nitrogens with one attached hydrogen (secondary N) is 1. The van der Waals surface area contributed by atoms with E-state index in [1.54, 1.807) is 6.08 Å². The summed E-state index contributed by atoms with van der Waals surface area (Å²) in [6.07, 6.45) is 4.93. The molecule has 0 spiro atoms. The van der Waals surface area contributed by atoms with Crippen LogP contribution in [0.25, 0.3) is 6.08 Å². The van der Waals surface area contributed by atoms with Crippen molar-refractivity contribution >= 4 is 33.6 Å². The van der Waals surface area contributed by atoms with Gasteiger partial charge >= 0.3 is 0 Å². The Morgan fingerprint density at radius 1 is 1.17 bits per heavy atom. The molecule has 0 fully saturated rings. The third-order valence-corrected chi connectivity index (χ3v) is 4.11. The van der Waals surface area contributed by atoms with E-state index in [1.165, 1.54) is 5.56 Å². The highest BCUT2D eigenvalue weighted by molar-refractivity contribution is 9.10. The van der Waals surface area contributed by atoms with Gasteiger partial charge in [-0.1, -0.05) is 53.5 Å². The molecule has 0 atom stereocenters. The van der Waals surface area contributed by atoms with Crippen LogP contribution in [0.3, 0.4) is 0 Å². The van der Waals surface area contributed by atoms with Crippen LogP contribution < -0.4 is 5.32 Å². The van der Waals surface area contributed by atoms with Crippen LogP contribution in [0, 0.1) is 11.3 Å². The fraction of sp³-hybridized carbons (Fsp3) is 0.200. The molecule has 0 aliphatic rings. The van der Waals surface area contributed by atoms with E-state index in [-0.39, 0.29) is 5.57 Å². The van der Waals surface area contributed by atoms with Gasteiger partial charge in [0, 0.05) is 10.2 Å². The van der Waals surface area contributed by atoms with Crippen LogP contribution in [0.4, 0.5) is 5.69 Å². The van der Waals surface area contributed by atoms with Crippen LogP contribution >= 0.6 is 15.9 Å². The normalized spacial score (nSPS) is 11.0. The minimum Gasteiger partial charge on any atom is -0.321 e. The standard InChI is InChI=1S/C20H19BrN2O/c1-2-3-4-15-7-11-19(12-8-15)23-20(24)17(14-22)13-16-5-9-18(21)10-6-16/h5-13H,2-4H2,1H3,(H,23,24)/b17-13+. The van der Waals surface area contributed by atoms with Crippen molar-refractivity contribution in [2.45, 2.75) is 26.2 Å². The van der Waals surface area contributed by atoms with Gasteiger partial charge in [0.1, 0.15) is 11.6 Å². The fourth-order valence-corrected chi connectivity index (χ4v) is 2.47. The molecule has 1 amide bonds. The van der Waals surface area contributed by atoms with Crippen LogP contribution in [0.15, 0.2) is 58.6 Å². The van der Waals surface area contributed by atoms with Gasteiger partial charge in [-0.15, -0.1) is 0 Å². The highest BCUT2D eigenvalue weighted by Gasteiger charge is 2.09. The van der Waals surface area contributed by atoms with Gasteiger partial charge in [0.05, 0.1) is 0 Å². The van der Waals surface area contributed by atoms with Gasteiger partial charge in [-0.2, -0.15) is 5.26 Å². The van der Waals surface area contributed by atoms with Crippen molar-refractivity contribution < 1.29 is 4.79 Å². The number of rotatable bonds is 6. The largest absolute Gasteiger partial charge is 0.321 e. The van der Waals surface area contributed by atoms with Crippen molar-refractivity contribution in [2.24, 2.45) is 0 Å². The van der Waals surface area contributed by atoms with Crippen molar-refractivity contribution in [1.82, 2.24) is 0 Å². The number of carbonyl (C=O) groups excluding carboxylic acids is 1. The number of benzene rings is 2. The van der Waals surface area contributed by atoms with Gasteiger partial charge in [-0.25, -0.2) is 0 Å². The van der Waals surface area contributed by atoms with E-state index >= 15 is 0 Å². The number of halogens is 1. The van der Waals surface area contributed by atoms with Gasteiger partial charge in [-0.05, 0) is 54.3 Å². The minimum atomic E-state index is -0.401. The number of unbranched alkanes of at least 4 members (excludes halogenated alkanes) is 1. The molecule has 0 radical (unpaired) electrons. The summed E-state index contributed by atoms with van der Waals surface area (Å²) in [5, 5.41) is 12.0. The zero-order valence-corrected chi connectivity index (χ0v) is 15.1. The first-order valence-corrected chi connectivity index (χ1v) is 8.69. The lowest BCUT2D eigenvalue weighted by Gasteiger charge is -2.06. The Labute approximate surface area is 151 Å². The van der Waals surface area contributed by atoms with E-state index in [0.717, 1.165) is 29.3 Å². The molecular formula is C20H19BrN2O. The van der Waals surface area contributed by atoms with Crippen LogP contribution in [-0.2, 0) is 11.2 Å². The SMILES string of the molecule is CCCCc1ccc(NC(=O)/C(C#N)=C/c2ccc(Br)cc2)cc1. The molecular weight excluding hydrogens is 364 g/mol. The summed E-state index contributed by atoms with van der Waals surface area (Å²) in [5.41, 5.74) is 2.82. The van der Waals surface area contributed by atoms with E-state index in [1.807, 2.05) is 54.6 Å². The molecule has 24 heavy (non-hydrogen) atoms. The van der Waals surface area contributed by atoms with Gasteiger partial charge in [0.15, 0.2) is 0 Å². The smallest absolute Gasteiger partial charge is 0.266 e. The molecule has 4 heteroatoms. The van der Waals surface area contributed by atoms with Gasteiger partial charge in [0.2, 0.25) is 0 Å². The zero-order valence-electron chi connectivity index (χ0n) is 13.6. The first kappa shape index (κ1) is 18.0. The lowest BCUT2D eigenvalue weighted by molar-refractivity contribution is -0.112. The first-order valence-electron chi connectivity index (χ1n) is 7.90. The van der Waals surface area contributed by atoms with E-state index in [2.05, 4.69) is 28.2 Å². The molecule has 0 saturated carbocycles. The molecule has 1 N–H and O–H groups in total. The minimum absolute atomic E-state index is 0.0763. The first-order chi connectivity index (χ1) is 11.6. The second-order valence-electron chi connectivity index (χ2n) is 5.48. The summed E-state index contributed by atoms with van der Waals surface area (Å²) in [4.78, 5) is 12.3. The third kappa shape index (κ3) is 5.36. The van der Waals surface area contributed by atoms with Crippen LogP contribution in [-0.4, -0.2) is 5.91 Å². The Kier molecular flexibility index (Phi) is 6.77. The maximum atomic E-state index is 12.3. The molecule has 122 valence electrons. The summed E-state index contributed by atoms with van der Waals surface area (Å²) in [6.45, 7) is 2.16. The predicted octanol–water partition coefficient (Wildman–Crippen LogP) is 5.34. The monoisotopic (exact) mass is 382 g/mol. The molecule has 0 aromatic heterocycles. The van der Waals surface area contributed by atoms with E-state index in [9.17, 15) is 10.1 Å². The predicted molar refractivity (Wildman–Crippen MR) is 101 cm³/mol. The quantitative estimate of drug-likeness (QED) is 0.541. The molecule has 2 rings (SSSR count). The average Bonchev–Trinajstić information content (AvgIpc) is 2.60. The summed E-state index contributed by atoms with van der Waals surface area (Å²) in [6, 6.07) is 17.2. The maximum absolute atomic E-state index is 12.3. The fourth-order valence-electron chi connectivity index (χ4n) is 2.21. The van der Waals surface area contributed by atoms with Crippen LogP contribution in [0.2, 0.25) is 0 Å². The van der Waals surface area contributed by atoms with Crippen LogP contribution in [0.5, 0.6) is 0 Å². The van der Waals surface area contributed by atoms with Crippen molar-refractivity contribution in [1.29, 1.82) is 5.26 Å². The molecule has 0 aliphatic heterocycles. The van der Waals surface area contributed by atoms with Gasteiger partial charge in [0.25, 0.3) is 5.91 Å². The average molecular weight is 383 g/mol. The Morgan fingerprint density at radius 2 is 1.83 bits per heavy atom. The number of amides is 1. The third-order valence-electron chi connectivity index (χ3n) is 3.58. The molecule has 0 aliphatic carbocycles. The molecule has 3 nitrogen and oxygen atoms in total. The lowest BCUT2D eigenvalue weighted by Crippen LogP contribution is -2.13. The van der Waals surface area contributed by atoms with Crippen molar-refractivity contribution in [3.8, 4) is 6.07 Å². The number of hydrogen-bond donors (Lipinski definition) is 1. The van der Waals surface area contributed by atoms with Crippen molar-refractivity contribution in [2.75, 3.05) is 5.32 Å². The number of nitrogens with zero attached hydrogens (tertiary/aromatic N) is 1. The highest BCUT2D eigenvalue weighted by atomic mass is 79.9. The maximum Gasteiger partial charge on any atom is 0.266 e. The second kappa shape index (κ2) is 9.05. The summed E-state index contributed by atoms with van der Waals surface area (Å²) in [5.74, 6) is -0.401. The van der Waals surface area contributed by atoms with Crippen molar-refractivity contribution in [3.63, 3.8) is 0 Å². The second-order valence-corrected chi connectivity index (χ2v) is 6.39. The molecule has 0 bridgehead atoms. The molecule has 0 heterocycles. The van der Waals surface area contributed by atoms with E-state index in [4.69, 9.17) is 0 Å². The van der Waals surface area contributed by atoms with Crippen LogP contribution in [0.1, 0.15) is 30.9 Å². The Bertz CT molecular complexity index is 756. The van der Waals surface area contributed by atoms with E-state index < -0.39 is 5.91 Å². The summed E-state index contributed by atoms with van der Waals surface area (Å²) in [7, 11) is 0. The number of hydrogen-bond acceptors (Lipinski definition) is 2. The number of nitriles is 1. The summed E-state index contributed by atoms with van der Waals surface area (Å²) < 4.78 is 0.950. The number of carbonyl (C=O) groups is 1. The van der Waals surface area contributed by atoms with Gasteiger partial charge in [-0.3, -0.25) is 4.79 Å². The highest BCUT2D eigenvalue weighted by Crippen LogP contribution is 2.15. The Hall–Kier alpha value is -2.38. The number of anilines is 1. The van der Waals surface area contributed by atoms with Gasteiger partial charge < -0.3 is 5.32 Å². The topological polar surface area (TPSA) is 52.9 Å². The summed E-state index contributed by atoms with van der Waals surface area (Å²) >= 11 is 3.36. The lowest BCUT2D eigenvalue weighted by atomic mass is 10.1.